The van der Waals surface area contributed by atoms with Crippen LogP contribution in [-0.4, -0.2) is 25.7 Å². The van der Waals surface area contributed by atoms with Gasteiger partial charge in [0.1, 0.15) is 5.75 Å². The number of anilines is 1. The first-order valence-electron chi connectivity index (χ1n) is 6.99. The average molecular weight is 278 g/mol. The third-order valence-corrected chi connectivity index (χ3v) is 3.47. The molecular weight excluding hydrogens is 256 g/mol. The molecule has 3 N–H and O–H groups in total. The van der Waals surface area contributed by atoms with Crippen LogP contribution in [0.2, 0.25) is 0 Å². The summed E-state index contributed by atoms with van der Waals surface area (Å²) in [4.78, 5) is 11.8. The van der Waals surface area contributed by atoms with Crippen LogP contribution in [0.3, 0.4) is 0 Å². The highest BCUT2D eigenvalue weighted by Gasteiger charge is 2.17. The fourth-order valence-electron chi connectivity index (χ4n) is 2.34. The minimum atomic E-state index is 0.0197. The lowest BCUT2D eigenvalue weighted by atomic mass is 10.1. The smallest absolute Gasteiger partial charge is 0.222 e. The van der Waals surface area contributed by atoms with Crippen LogP contribution >= 0.6 is 0 Å². The summed E-state index contributed by atoms with van der Waals surface area (Å²) >= 11 is 0. The first-order chi connectivity index (χ1) is 9.69. The van der Waals surface area contributed by atoms with E-state index in [2.05, 4.69) is 5.32 Å². The van der Waals surface area contributed by atoms with Crippen LogP contribution in [0.1, 0.15) is 31.2 Å². The molecule has 20 heavy (non-hydrogen) atoms. The molecule has 1 amide bonds. The van der Waals surface area contributed by atoms with Gasteiger partial charge in [0, 0.05) is 13.2 Å². The van der Waals surface area contributed by atoms with Gasteiger partial charge in [-0.05, 0) is 37.0 Å². The minimum absolute atomic E-state index is 0.0197. The van der Waals surface area contributed by atoms with E-state index in [1.165, 1.54) is 0 Å². The number of nitrogen functional groups attached to an aromatic ring is 1. The molecule has 0 saturated carbocycles. The van der Waals surface area contributed by atoms with Crippen molar-refractivity contribution in [3.8, 4) is 5.75 Å². The highest BCUT2D eigenvalue weighted by molar-refractivity contribution is 5.76. The van der Waals surface area contributed by atoms with Gasteiger partial charge >= 0.3 is 0 Å². The third kappa shape index (κ3) is 4.13. The first-order valence-corrected chi connectivity index (χ1v) is 6.99. The second-order valence-corrected chi connectivity index (χ2v) is 5.05. The van der Waals surface area contributed by atoms with Crippen molar-refractivity contribution in [2.45, 2.75) is 38.3 Å². The summed E-state index contributed by atoms with van der Waals surface area (Å²) in [6.45, 7) is 1.24. The molecule has 0 radical (unpaired) electrons. The molecule has 1 aliphatic heterocycles. The van der Waals surface area contributed by atoms with E-state index in [1.54, 1.807) is 13.2 Å². The molecule has 1 aromatic rings. The van der Waals surface area contributed by atoms with E-state index in [0.29, 0.717) is 24.4 Å². The lowest BCUT2D eigenvalue weighted by Crippen LogP contribution is -2.30. The molecule has 1 aromatic carbocycles. The van der Waals surface area contributed by atoms with E-state index >= 15 is 0 Å². The lowest BCUT2D eigenvalue weighted by molar-refractivity contribution is -0.125. The van der Waals surface area contributed by atoms with Crippen LogP contribution < -0.4 is 15.8 Å². The van der Waals surface area contributed by atoms with Crippen molar-refractivity contribution in [1.29, 1.82) is 0 Å². The molecule has 0 spiro atoms. The predicted molar refractivity (Wildman–Crippen MR) is 77.5 cm³/mol. The topological polar surface area (TPSA) is 73.6 Å². The van der Waals surface area contributed by atoms with Gasteiger partial charge in [-0.1, -0.05) is 6.07 Å². The highest BCUT2D eigenvalue weighted by Crippen LogP contribution is 2.21. The maximum Gasteiger partial charge on any atom is 0.222 e. The third-order valence-electron chi connectivity index (χ3n) is 3.47. The van der Waals surface area contributed by atoms with Gasteiger partial charge in [-0.15, -0.1) is 0 Å². The number of methoxy groups -OCH3 is 1. The van der Waals surface area contributed by atoms with E-state index in [0.717, 1.165) is 31.4 Å². The molecule has 110 valence electrons. The van der Waals surface area contributed by atoms with Crippen LogP contribution in [-0.2, 0) is 16.1 Å². The number of carbonyl (C=O) groups is 1. The Hall–Kier alpha value is -1.75. The number of ether oxygens (including phenoxy) is 2. The molecule has 1 unspecified atom stereocenters. The van der Waals surface area contributed by atoms with Gasteiger partial charge in [0.2, 0.25) is 5.91 Å². The summed E-state index contributed by atoms with van der Waals surface area (Å²) in [6.07, 6.45) is 3.73. The molecule has 1 atom stereocenters. The number of hydrogen-bond acceptors (Lipinski definition) is 4. The van der Waals surface area contributed by atoms with Crippen LogP contribution in [0.4, 0.5) is 5.69 Å². The zero-order chi connectivity index (χ0) is 14.4. The van der Waals surface area contributed by atoms with Crippen molar-refractivity contribution in [1.82, 2.24) is 5.32 Å². The summed E-state index contributed by atoms with van der Waals surface area (Å²) in [5, 5.41) is 2.90. The number of nitrogens with two attached hydrogens (primary N) is 1. The van der Waals surface area contributed by atoms with Crippen molar-refractivity contribution in [3.05, 3.63) is 23.8 Å². The number of nitrogens with one attached hydrogen (secondary N) is 1. The first kappa shape index (κ1) is 14.7. The number of amides is 1. The fourth-order valence-corrected chi connectivity index (χ4v) is 2.34. The summed E-state index contributed by atoms with van der Waals surface area (Å²) in [5.41, 5.74) is 7.37. The van der Waals surface area contributed by atoms with E-state index in [9.17, 15) is 4.79 Å². The standard InChI is InChI=1S/C15H22N2O3/c1-19-14-6-5-11(8-13(14)16)10-17-15(18)9-12-4-2-3-7-20-12/h5-6,8,12H,2-4,7,9-10,16H2,1H3,(H,17,18). The summed E-state index contributed by atoms with van der Waals surface area (Å²) in [6, 6.07) is 5.52. The zero-order valence-electron chi connectivity index (χ0n) is 11.9. The Balaban J connectivity index is 1.79. The molecule has 0 aromatic heterocycles. The summed E-state index contributed by atoms with van der Waals surface area (Å²) < 4.78 is 10.6. The van der Waals surface area contributed by atoms with Gasteiger partial charge in [0.15, 0.2) is 0 Å². The Morgan fingerprint density at radius 3 is 3.00 bits per heavy atom. The molecular formula is C15H22N2O3. The fraction of sp³-hybridized carbons (Fsp3) is 0.533. The van der Waals surface area contributed by atoms with Crippen molar-refractivity contribution in [2.24, 2.45) is 0 Å². The molecule has 5 nitrogen and oxygen atoms in total. The van der Waals surface area contributed by atoms with E-state index in [4.69, 9.17) is 15.2 Å². The monoisotopic (exact) mass is 278 g/mol. The van der Waals surface area contributed by atoms with Crippen LogP contribution in [0.15, 0.2) is 18.2 Å². The summed E-state index contributed by atoms with van der Waals surface area (Å²) in [5.74, 6) is 0.668. The van der Waals surface area contributed by atoms with E-state index < -0.39 is 0 Å². The quantitative estimate of drug-likeness (QED) is 0.806. The molecule has 1 heterocycles. The second kappa shape index (κ2) is 7.14. The number of carbonyl (C=O) groups excluding carboxylic acids is 1. The largest absolute Gasteiger partial charge is 0.495 e. The van der Waals surface area contributed by atoms with Gasteiger partial charge in [-0.3, -0.25) is 4.79 Å². The number of benzene rings is 1. The zero-order valence-corrected chi connectivity index (χ0v) is 11.9. The van der Waals surface area contributed by atoms with Gasteiger partial charge in [-0.25, -0.2) is 0 Å². The number of rotatable bonds is 5. The Kier molecular flexibility index (Phi) is 5.24. The van der Waals surface area contributed by atoms with Gasteiger partial charge in [0.05, 0.1) is 25.3 Å². The molecule has 5 heteroatoms. The molecule has 0 bridgehead atoms. The van der Waals surface area contributed by atoms with Gasteiger partial charge < -0.3 is 20.5 Å². The Labute approximate surface area is 119 Å². The molecule has 2 rings (SSSR count). The van der Waals surface area contributed by atoms with Crippen molar-refractivity contribution in [3.63, 3.8) is 0 Å². The van der Waals surface area contributed by atoms with Crippen molar-refractivity contribution >= 4 is 11.6 Å². The average Bonchev–Trinajstić information content (AvgIpc) is 2.46. The Bertz CT molecular complexity index is 456. The van der Waals surface area contributed by atoms with Crippen molar-refractivity contribution in [2.75, 3.05) is 19.5 Å². The van der Waals surface area contributed by atoms with Gasteiger partial charge in [-0.2, -0.15) is 0 Å². The maximum absolute atomic E-state index is 11.8. The molecule has 1 fully saturated rings. The van der Waals surface area contributed by atoms with Crippen LogP contribution in [0.25, 0.3) is 0 Å². The van der Waals surface area contributed by atoms with Crippen molar-refractivity contribution < 1.29 is 14.3 Å². The highest BCUT2D eigenvalue weighted by atomic mass is 16.5. The molecule has 1 saturated heterocycles. The number of hydrogen-bond donors (Lipinski definition) is 2. The summed E-state index contributed by atoms with van der Waals surface area (Å²) in [7, 11) is 1.58. The lowest BCUT2D eigenvalue weighted by Gasteiger charge is -2.21. The van der Waals surface area contributed by atoms with Crippen LogP contribution in [0, 0.1) is 0 Å². The maximum atomic E-state index is 11.8. The Morgan fingerprint density at radius 2 is 2.35 bits per heavy atom. The van der Waals surface area contributed by atoms with E-state index in [-0.39, 0.29) is 12.0 Å². The van der Waals surface area contributed by atoms with Gasteiger partial charge in [0.25, 0.3) is 0 Å². The molecule has 0 aliphatic carbocycles. The minimum Gasteiger partial charge on any atom is -0.495 e. The SMILES string of the molecule is COc1ccc(CNC(=O)CC2CCCCO2)cc1N. The normalized spacial score (nSPS) is 18.6. The molecule has 1 aliphatic rings. The Morgan fingerprint density at radius 1 is 1.50 bits per heavy atom. The van der Waals surface area contributed by atoms with E-state index in [1.807, 2.05) is 12.1 Å². The predicted octanol–water partition coefficient (Wildman–Crippen LogP) is 1.85. The second-order valence-electron chi connectivity index (χ2n) is 5.05. The van der Waals surface area contributed by atoms with Crippen LogP contribution in [0.5, 0.6) is 5.75 Å².